The van der Waals surface area contributed by atoms with E-state index >= 15 is 0 Å². The molecule has 4 aromatic rings. The lowest BCUT2D eigenvalue weighted by Gasteiger charge is -2.39. The highest BCUT2D eigenvalue weighted by Gasteiger charge is 2.43. The number of pyridine rings is 1. The molecule has 1 unspecified atom stereocenters. The highest BCUT2D eigenvalue weighted by atomic mass is 35.5. The maximum atomic E-state index is 14.6. The molecule has 15 nitrogen and oxygen atoms in total. The van der Waals surface area contributed by atoms with Gasteiger partial charge in [-0.3, -0.25) is 29.3 Å². The number of benzene rings is 2. The number of fused-ring (bicyclic) bond motifs is 1. The Hall–Kier alpha value is -5.49. The molecule has 2 aromatic heterocycles. The molecular formula is C45H52ClFN8O7S. The van der Waals surface area contributed by atoms with Crippen LogP contribution in [-0.4, -0.2) is 89.4 Å². The van der Waals surface area contributed by atoms with E-state index in [4.69, 9.17) is 26.1 Å². The lowest BCUT2D eigenvalue weighted by Crippen LogP contribution is -2.52. The molecule has 3 aliphatic rings. The first-order chi connectivity index (χ1) is 30.6. The van der Waals surface area contributed by atoms with Crippen molar-refractivity contribution in [1.29, 1.82) is 0 Å². The molecule has 2 aromatic carbocycles. The molecule has 334 valence electrons. The van der Waals surface area contributed by atoms with Crippen LogP contribution in [0.15, 0.2) is 66.2 Å². The van der Waals surface area contributed by atoms with Crippen LogP contribution in [0.4, 0.5) is 21.0 Å². The Morgan fingerprint density at radius 2 is 1.78 bits per heavy atom. The van der Waals surface area contributed by atoms with Gasteiger partial charge in [0, 0.05) is 67.7 Å². The van der Waals surface area contributed by atoms with Crippen molar-refractivity contribution >= 4 is 69.1 Å². The molecule has 18 heteroatoms. The van der Waals surface area contributed by atoms with E-state index in [-0.39, 0.29) is 66.4 Å². The van der Waals surface area contributed by atoms with Crippen molar-refractivity contribution in [2.24, 2.45) is 5.41 Å². The van der Waals surface area contributed by atoms with E-state index in [1.54, 1.807) is 36.5 Å². The maximum Gasteiger partial charge on any atom is 0.255 e. The van der Waals surface area contributed by atoms with Gasteiger partial charge in [-0.2, -0.15) is 0 Å². The summed E-state index contributed by atoms with van der Waals surface area (Å²) in [6.07, 6.45) is 7.80. The van der Waals surface area contributed by atoms with Crippen LogP contribution in [0.25, 0.3) is 0 Å². The lowest BCUT2D eigenvalue weighted by atomic mass is 9.69. The number of piperidine rings is 1. The van der Waals surface area contributed by atoms with Crippen LogP contribution in [0.1, 0.15) is 85.8 Å². The fraction of sp³-hybridized carbons (Fsp3) is 0.444. The van der Waals surface area contributed by atoms with Crippen LogP contribution in [-0.2, 0) is 36.9 Å². The van der Waals surface area contributed by atoms with Crippen LogP contribution < -0.4 is 31.3 Å². The van der Waals surface area contributed by atoms with Crippen molar-refractivity contribution < 1.29 is 37.8 Å². The highest BCUT2D eigenvalue weighted by Crippen LogP contribution is 2.41. The van der Waals surface area contributed by atoms with Crippen molar-refractivity contribution in [1.82, 2.24) is 30.8 Å². The van der Waals surface area contributed by atoms with E-state index in [9.17, 15) is 28.4 Å². The molecule has 63 heavy (non-hydrogen) atoms. The average molecular weight is 903 g/mol. The third kappa shape index (κ3) is 12.2. The van der Waals surface area contributed by atoms with Crippen molar-refractivity contribution in [2.75, 3.05) is 43.5 Å². The normalized spacial score (nSPS) is 19.7. The molecule has 1 aliphatic carbocycles. The molecule has 1 saturated heterocycles. The van der Waals surface area contributed by atoms with Gasteiger partial charge in [-0.25, -0.2) is 14.4 Å². The van der Waals surface area contributed by atoms with Crippen molar-refractivity contribution in [2.45, 2.75) is 89.3 Å². The van der Waals surface area contributed by atoms with Gasteiger partial charge in [0.05, 0.1) is 23.1 Å². The lowest BCUT2D eigenvalue weighted by molar-refractivity contribution is -0.137. The third-order valence-electron chi connectivity index (χ3n) is 11.6. The molecule has 7 rings (SSSR count). The zero-order valence-electron chi connectivity index (χ0n) is 34.9. The number of hydrogen-bond donors (Lipinski definition) is 5. The molecule has 4 heterocycles. The first-order valence-electron chi connectivity index (χ1n) is 21.4. The molecule has 1 atom stereocenters. The first-order valence-corrected chi connectivity index (χ1v) is 22.7. The Morgan fingerprint density at radius 3 is 2.56 bits per heavy atom. The predicted octanol–water partition coefficient (Wildman–Crippen LogP) is 6.31. The number of thiazole rings is 1. The van der Waals surface area contributed by atoms with Crippen LogP contribution in [0, 0.1) is 11.2 Å². The topological polar surface area (TPSA) is 193 Å². The minimum absolute atomic E-state index is 0.00651. The monoisotopic (exact) mass is 902 g/mol. The minimum Gasteiger partial charge on any atom is -0.487 e. The SMILES string of the molecule is O=C1CCC(N2Cc3cc(NC(=O)CNCCCCOCCCCNC(=O)C4(Cc5cccc(Nc6nccs6)n5)CCC(Oc5cccc(Cl)c5F)CC4)ccc3C2=O)C(=O)N1. The minimum atomic E-state index is -0.711. The molecular weight excluding hydrogens is 851 g/mol. The molecule has 5 amide bonds. The molecule has 0 bridgehead atoms. The van der Waals surface area contributed by atoms with Crippen molar-refractivity contribution in [3.8, 4) is 5.75 Å². The van der Waals surface area contributed by atoms with E-state index < -0.39 is 23.2 Å². The number of nitrogens with zero attached hydrogens (tertiary/aromatic N) is 3. The summed E-state index contributed by atoms with van der Waals surface area (Å²) in [6, 6.07) is 14.8. The smallest absolute Gasteiger partial charge is 0.255 e. The van der Waals surface area contributed by atoms with Gasteiger partial charge in [0.1, 0.15) is 11.9 Å². The summed E-state index contributed by atoms with van der Waals surface area (Å²) in [5, 5.41) is 17.3. The fourth-order valence-electron chi connectivity index (χ4n) is 8.22. The Morgan fingerprint density at radius 1 is 0.984 bits per heavy atom. The van der Waals surface area contributed by atoms with Crippen LogP contribution in [0.2, 0.25) is 5.02 Å². The second kappa shape index (κ2) is 21.7. The molecule has 1 saturated carbocycles. The molecule has 5 N–H and O–H groups in total. The first kappa shape index (κ1) is 45.5. The van der Waals surface area contributed by atoms with E-state index in [1.165, 1.54) is 22.3 Å². The summed E-state index contributed by atoms with van der Waals surface area (Å²) in [7, 11) is 0. The summed E-state index contributed by atoms with van der Waals surface area (Å²) in [6.45, 7) is 2.65. The van der Waals surface area contributed by atoms with Gasteiger partial charge in [-0.1, -0.05) is 23.7 Å². The number of carbonyl (C=O) groups excluding carboxylic acids is 5. The van der Waals surface area contributed by atoms with Gasteiger partial charge >= 0.3 is 0 Å². The zero-order chi connectivity index (χ0) is 44.2. The predicted molar refractivity (Wildman–Crippen MR) is 236 cm³/mol. The summed E-state index contributed by atoms with van der Waals surface area (Å²) in [4.78, 5) is 73.9. The highest BCUT2D eigenvalue weighted by molar-refractivity contribution is 7.13. The number of imide groups is 1. The van der Waals surface area contributed by atoms with Crippen LogP contribution in [0.3, 0.4) is 0 Å². The molecule has 0 spiro atoms. The number of rotatable bonds is 21. The molecule has 2 fully saturated rings. The number of hydrogen-bond acceptors (Lipinski definition) is 12. The van der Waals surface area contributed by atoms with Crippen molar-refractivity contribution in [3.63, 3.8) is 0 Å². The summed E-state index contributed by atoms with van der Waals surface area (Å²) < 4.78 is 26.5. The van der Waals surface area contributed by atoms with Gasteiger partial charge in [0.25, 0.3) is 5.91 Å². The third-order valence-corrected chi connectivity index (χ3v) is 12.5. The molecule has 2 aliphatic heterocycles. The number of unbranched alkanes of at least 4 members (excludes halogenated alkanes) is 2. The number of amides is 5. The van der Waals surface area contributed by atoms with E-state index in [2.05, 4.69) is 31.6 Å². The quantitative estimate of drug-likeness (QED) is 0.0465. The number of nitrogens with one attached hydrogen (secondary N) is 5. The Balaban J connectivity index is 0.778. The van der Waals surface area contributed by atoms with Crippen molar-refractivity contribution in [3.05, 3.63) is 93.8 Å². The maximum absolute atomic E-state index is 14.6. The molecule has 0 radical (unpaired) electrons. The second-order valence-corrected chi connectivity index (χ2v) is 17.4. The largest absolute Gasteiger partial charge is 0.487 e. The second-order valence-electron chi connectivity index (χ2n) is 16.1. The Kier molecular flexibility index (Phi) is 15.7. The fourth-order valence-corrected chi connectivity index (χ4v) is 8.93. The van der Waals surface area contributed by atoms with Crippen LogP contribution in [0.5, 0.6) is 5.75 Å². The van der Waals surface area contributed by atoms with Gasteiger partial charge in [-0.15, -0.1) is 11.3 Å². The van der Waals surface area contributed by atoms with Gasteiger partial charge in [0.15, 0.2) is 16.7 Å². The van der Waals surface area contributed by atoms with Gasteiger partial charge in [0.2, 0.25) is 23.6 Å². The number of halogens is 2. The van der Waals surface area contributed by atoms with Gasteiger partial charge in [-0.05, 0) is 112 Å². The van der Waals surface area contributed by atoms with E-state index in [0.717, 1.165) is 42.1 Å². The number of anilines is 3. The summed E-state index contributed by atoms with van der Waals surface area (Å²) >= 11 is 7.46. The Bertz CT molecular complexity index is 2260. The number of aromatic nitrogens is 2. The Labute approximate surface area is 374 Å². The summed E-state index contributed by atoms with van der Waals surface area (Å²) in [5.74, 6) is -1.12. The van der Waals surface area contributed by atoms with E-state index in [0.29, 0.717) is 75.5 Å². The van der Waals surface area contributed by atoms with Crippen LogP contribution >= 0.6 is 22.9 Å². The van der Waals surface area contributed by atoms with Gasteiger partial charge < -0.3 is 35.6 Å². The standard InChI is InChI=1S/C45H52ClFN8O7S/c46-34-8-6-9-36(40(34)47)62-32-15-17-45(18-16-32,26-31-7-5-10-37(51-31)53-44-50-21-24-63-44)43(60)49-20-2-4-23-61-22-3-1-19-48-27-39(57)52-30-11-12-33-29(25-30)28-55(42(33)59)35-13-14-38(56)54-41(35)58/h5-12,21,24-25,32,35,48H,1-4,13-20,22-23,26-28H2,(H,49,60)(H,52,57)(H,50,51,53)(H,54,56,58). The number of carbonyl (C=O) groups is 5. The zero-order valence-corrected chi connectivity index (χ0v) is 36.5. The summed E-state index contributed by atoms with van der Waals surface area (Å²) in [5.41, 5.74) is 1.84. The van der Waals surface area contributed by atoms with E-state index in [1.807, 2.05) is 23.6 Å². The number of ether oxygens (including phenoxy) is 2. The average Bonchev–Trinajstić information content (AvgIpc) is 3.90.